The summed E-state index contributed by atoms with van der Waals surface area (Å²) in [6.07, 6.45) is 4.31. The Hall–Kier alpha value is -1.10. The fraction of sp³-hybridized carbons (Fsp3) is 0.611. The Bertz CT molecular complexity index is 515. The Labute approximate surface area is 145 Å². The Balaban J connectivity index is 0.00000192. The molecule has 0 spiro atoms. The highest BCUT2D eigenvalue weighted by molar-refractivity contribution is 5.96. The van der Waals surface area contributed by atoms with Gasteiger partial charge in [0.25, 0.3) is 0 Å². The number of fused-ring (bicyclic) bond motifs is 1. The second-order valence-electron chi connectivity index (χ2n) is 6.49. The number of para-hydroxylation sites is 1. The van der Waals surface area contributed by atoms with Crippen LogP contribution in [0.1, 0.15) is 31.7 Å². The standard InChI is InChI=1S/C18H27N3O.ClH/c1-2-19-13-14-9-11-21(12-10-14)17-8-7-15-5-3-4-6-16(15)20-18(17)22;/h3-6,14,17,19H,2,7-13H2,1H3,(H,20,22);1H. The Morgan fingerprint density at radius 3 is 2.70 bits per heavy atom. The number of hydrogen-bond acceptors (Lipinski definition) is 3. The van der Waals surface area contributed by atoms with Crippen molar-refractivity contribution in [1.82, 2.24) is 10.2 Å². The lowest BCUT2D eigenvalue weighted by Crippen LogP contribution is -2.48. The van der Waals surface area contributed by atoms with E-state index in [1.807, 2.05) is 12.1 Å². The van der Waals surface area contributed by atoms with Crippen LogP contribution in [0, 0.1) is 5.92 Å². The maximum Gasteiger partial charge on any atom is 0.241 e. The van der Waals surface area contributed by atoms with Crippen LogP contribution >= 0.6 is 12.4 Å². The van der Waals surface area contributed by atoms with Gasteiger partial charge in [0.2, 0.25) is 5.91 Å². The molecule has 0 saturated carbocycles. The van der Waals surface area contributed by atoms with Crippen molar-refractivity contribution in [3.8, 4) is 0 Å². The largest absolute Gasteiger partial charge is 0.324 e. The van der Waals surface area contributed by atoms with Crippen LogP contribution in [-0.2, 0) is 11.2 Å². The Morgan fingerprint density at radius 2 is 1.96 bits per heavy atom. The van der Waals surface area contributed by atoms with Gasteiger partial charge in [-0.05, 0) is 69.4 Å². The Kier molecular flexibility index (Phi) is 6.88. The van der Waals surface area contributed by atoms with Crippen LogP contribution < -0.4 is 10.6 Å². The van der Waals surface area contributed by atoms with Crippen LogP contribution in [0.3, 0.4) is 0 Å². The lowest BCUT2D eigenvalue weighted by molar-refractivity contribution is -0.122. The van der Waals surface area contributed by atoms with E-state index < -0.39 is 0 Å². The first kappa shape index (κ1) is 18.2. The molecule has 1 aromatic carbocycles. The summed E-state index contributed by atoms with van der Waals surface area (Å²) in [7, 11) is 0. The fourth-order valence-corrected chi connectivity index (χ4v) is 3.67. The van der Waals surface area contributed by atoms with Gasteiger partial charge in [0, 0.05) is 5.69 Å². The molecular weight excluding hydrogens is 310 g/mol. The van der Waals surface area contributed by atoms with E-state index >= 15 is 0 Å². The highest BCUT2D eigenvalue weighted by atomic mass is 35.5. The molecule has 0 aromatic heterocycles. The average Bonchev–Trinajstić information content (AvgIpc) is 2.72. The zero-order valence-corrected chi connectivity index (χ0v) is 14.7. The van der Waals surface area contributed by atoms with E-state index in [1.165, 1.54) is 18.4 Å². The first-order valence-corrected chi connectivity index (χ1v) is 8.61. The van der Waals surface area contributed by atoms with Crippen molar-refractivity contribution in [2.24, 2.45) is 5.92 Å². The van der Waals surface area contributed by atoms with Crippen LogP contribution in [0.25, 0.3) is 0 Å². The molecule has 1 fully saturated rings. The summed E-state index contributed by atoms with van der Waals surface area (Å²) in [6, 6.07) is 8.22. The molecule has 1 saturated heterocycles. The topological polar surface area (TPSA) is 44.4 Å². The monoisotopic (exact) mass is 337 g/mol. The summed E-state index contributed by atoms with van der Waals surface area (Å²) in [6.45, 7) is 6.41. The van der Waals surface area contributed by atoms with E-state index in [1.54, 1.807) is 0 Å². The quantitative estimate of drug-likeness (QED) is 0.888. The number of amides is 1. The number of aryl methyl sites for hydroxylation is 1. The molecule has 5 heteroatoms. The van der Waals surface area contributed by atoms with Crippen LogP contribution in [0.2, 0.25) is 0 Å². The maximum atomic E-state index is 12.6. The zero-order valence-electron chi connectivity index (χ0n) is 13.9. The molecule has 4 nitrogen and oxygen atoms in total. The van der Waals surface area contributed by atoms with Crippen LogP contribution in [0.15, 0.2) is 24.3 Å². The third-order valence-corrected chi connectivity index (χ3v) is 5.04. The zero-order chi connectivity index (χ0) is 15.4. The van der Waals surface area contributed by atoms with Crippen molar-refractivity contribution in [3.63, 3.8) is 0 Å². The number of anilines is 1. The van der Waals surface area contributed by atoms with Crippen LogP contribution in [0.5, 0.6) is 0 Å². The lowest BCUT2D eigenvalue weighted by Gasteiger charge is -2.36. The van der Waals surface area contributed by atoms with Gasteiger partial charge in [0.05, 0.1) is 6.04 Å². The normalized spacial score (nSPS) is 22.7. The number of likely N-dealkylation sites (tertiary alicyclic amines) is 1. The molecule has 2 N–H and O–H groups in total. The minimum absolute atomic E-state index is 0. The summed E-state index contributed by atoms with van der Waals surface area (Å²) < 4.78 is 0. The molecular formula is C18H28ClN3O. The second kappa shape index (κ2) is 8.67. The molecule has 1 amide bonds. The summed E-state index contributed by atoms with van der Waals surface area (Å²) in [5.41, 5.74) is 2.26. The van der Waals surface area contributed by atoms with Gasteiger partial charge in [0.15, 0.2) is 0 Å². The molecule has 128 valence electrons. The summed E-state index contributed by atoms with van der Waals surface area (Å²) >= 11 is 0. The summed E-state index contributed by atoms with van der Waals surface area (Å²) in [5, 5.41) is 6.57. The van der Waals surface area contributed by atoms with E-state index in [4.69, 9.17) is 0 Å². The maximum absolute atomic E-state index is 12.6. The summed E-state index contributed by atoms with van der Waals surface area (Å²) in [5.74, 6) is 0.942. The Morgan fingerprint density at radius 1 is 1.22 bits per heavy atom. The number of nitrogens with one attached hydrogen (secondary N) is 2. The number of halogens is 1. The molecule has 23 heavy (non-hydrogen) atoms. The van der Waals surface area contributed by atoms with Gasteiger partial charge in [-0.1, -0.05) is 25.1 Å². The molecule has 1 aromatic rings. The minimum atomic E-state index is 0. The first-order valence-electron chi connectivity index (χ1n) is 8.61. The predicted molar refractivity (Wildman–Crippen MR) is 97.3 cm³/mol. The van der Waals surface area contributed by atoms with Crippen LogP contribution in [-0.4, -0.2) is 43.0 Å². The van der Waals surface area contributed by atoms with E-state index in [0.717, 1.165) is 50.6 Å². The van der Waals surface area contributed by atoms with Gasteiger partial charge in [-0.25, -0.2) is 0 Å². The number of hydrogen-bond donors (Lipinski definition) is 2. The van der Waals surface area contributed by atoms with Crippen molar-refractivity contribution in [2.45, 2.75) is 38.6 Å². The van der Waals surface area contributed by atoms with Crippen molar-refractivity contribution in [2.75, 3.05) is 31.5 Å². The molecule has 0 radical (unpaired) electrons. The lowest BCUT2D eigenvalue weighted by atomic mass is 9.94. The third-order valence-electron chi connectivity index (χ3n) is 5.04. The second-order valence-corrected chi connectivity index (χ2v) is 6.49. The van der Waals surface area contributed by atoms with Crippen molar-refractivity contribution in [3.05, 3.63) is 29.8 Å². The predicted octanol–water partition coefficient (Wildman–Crippen LogP) is 2.68. The van der Waals surface area contributed by atoms with E-state index in [9.17, 15) is 4.79 Å². The highest BCUT2D eigenvalue weighted by Crippen LogP contribution is 2.26. The van der Waals surface area contributed by atoms with Gasteiger partial charge in [-0.2, -0.15) is 0 Å². The van der Waals surface area contributed by atoms with Gasteiger partial charge in [-0.15, -0.1) is 12.4 Å². The average molecular weight is 338 g/mol. The van der Waals surface area contributed by atoms with Gasteiger partial charge >= 0.3 is 0 Å². The third kappa shape index (κ3) is 4.46. The smallest absolute Gasteiger partial charge is 0.241 e. The summed E-state index contributed by atoms with van der Waals surface area (Å²) in [4.78, 5) is 15.0. The number of rotatable bonds is 4. The van der Waals surface area contributed by atoms with Gasteiger partial charge < -0.3 is 10.6 Å². The molecule has 1 atom stereocenters. The van der Waals surface area contributed by atoms with Crippen molar-refractivity contribution in [1.29, 1.82) is 0 Å². The number of benzene rings is 1. The SMILES string of the molecule is CCNCC1CCN(C2CCc3ccccc3NC2=O)CC1.Cl. The van der Waals surface area contributed by atoms with Gasteiger partial charge in [0.1, 0.15) is 0 Å². The molecule has 3 rings (SSSR count). The van der Waals surface area contributed by atoms with E-state index in [2.05, 4.69) is 34.6 Å². The fourth-order valence-electron chi connectivity index (χ4n) is 3.67. The molecule has 0 bridgehead atoms. The molecule has 2 aliphatic rings. The molecule has 2 aliphatic heterocycles. The molecule has 2 heterocycles. The molecule has 1 unspecified atom stereocenters. The number of nitrogens with zero attached hydrogens (tertiary/aromatic N) is 1. The highest BCUT2D eigenvalue weighted by Gasteiger charge is 2.31. The van der Waals surface area contributed by atoms with Crippen molar-refractivity contribution < 1.29 is 4.79 Å². The molecule has 0 aliphatic carbocycles. The van der Waals surface area contributed by atoms with Crippen LogP contribution in [0.4, 0.5) is 5.69 Å². The first-order chi connectivity index (χ1) is 10.8. The van der Waals surface area contributed by atoms with Crippen molar-refractivity contribution >= 4 is 24.0 Å². The minimum Gasteiger partial charge on any atom is -0.324 e. The van der Waals surface area contributed by atoms with Gasteiger partial charge in [-0.3, -0.25) is 9.69 Å². The number of carbonyl (C=O) groups excluding carboxylic acids is 1. The number of carbonyl (C=O) groups is 1. The van der Waals surface area contributed by atoms with E-state index in [-0.39, 0.29) is 24.4 Å². The number of piperidine rings is 1. The van der Waals surface area contributed by atoms with E-state index in [0.29, 0.717) is 0 Å².